The van der Waals surface area contributed by atoms with Crippen molar-refractivity contribution in [3.8, 4) is 0 Å². The molecule has 1 unspecified atom stereocenters. The van der Waals surface area contributed by atoms with Crippen molar-refractivity contribution in [2.45, 2.75) is 38.7 Å². The highest BCUT2D eigenvalue weighted by atomic mass is 16.6. The molecule has 1 aromatic rings. The Bertz CT molecular complexity index is 445. The molecule has 0 aliphatic carbocycles. The van der Waals surface area contributed by atoms with E-state index in [1.807, 2.05) is 6.92 Å². The maximum atomic E-state index is 10.9. The third-order valence-corrected chi connectivity index (χ3v) is 3.24. The first-order valence-electron chi connectivity index (χ1n) is 6.64. The van der Waals surface area contributed by atoms with Crippen LogP contribution in [0.2, 0.25) is 0 Å². The number of aryl methyl sites for hydroxylation is 1. The van der Waals surface area contributed by atoms with E-state index in [0.717, 1.165) is 31.6 Å². The Morgan fingerprint density at radius 3 is 3.05 bits per heavy atom. The second-order valence-corrected chi connectivity index (χ2v) is 4.78. The number of nitro groups is 1. The minimum atomic E-state index is -0.411. The summed E-state index contributed by atoms with van der Waals surface area (Å²) in [4.78, 5) is 14.7. The summed E-state index contributed by atoms with van der Waals surface area (Å²) in [5.41, 5.74) is 0.789. The predicted molar refractivity (Wildman–Crippen MR) is 72.3 cm³/mol. The van der Waals surface area contributed by atoms with Gasteiger partial charge in [0.15, 0.2) is 0 Å². The van der Waals surface area contributed by atoms with Crippen molar-refractivity contribution in [3.05, 3.63) is 27.9 Å². The fourth-order valence-electron chi connectivity index (χ4n) is 2.21. The lowest BCUT2D eigenvalue weighted by atomic mass is 10.1. The van der Waals surface area contributed by atoms with Crippen LogP contribution >= 0.6 is 0 Å². The van der Waals surface area contributed by atoms with Gasteiger partial charge in [0, 0.05) is 24.9 Å². The van der Waals surface area contributed by atoms with Gasteiger partial charge in [0.2, 0.25) is 5.82 Å². The number of nitrogens with zero attached hydrogens (tertiary/aromatic N) is 2. The molecule has 19 heavy (non-hydrogen) atoms. The topological polar surface area (TPSA) is 77.3 Å². The molecule has 6 heteroatoms. The van der Waals surface area contributed by atoms with Crippen LogP contribution in [0.25, 0.3) is 0 Å². The van der Waals surface area contributed by atoms with Crippen LogP contribution < -0.4 is 5.32 Å². The smallest absolute Gasteiger partial charge is 0.311 e. The summed E-state index contributed by atoms with van der Waals surface area (Å²) >= 11 is 0. The first-order valence-corrected chi connectivity index (χ1v) is 6.64. The van der Waals surface area contributed by atoms with E-state index in [2.05, 4.69) is 10.3 Å². The molecule has 2 rings (SSSR count). The van der Waals surface area contributed by atoms with Gasteiger partial charge in [-0.1, -0.05) is 0 Å². The molecule has 1 atom stereocenters. The molecular formula is C13H19N3O3. The van der Waals surface area contributed by atoms with Gasteiger partial charge in [0.25, 0.3) is 0 Å². The molecule has 1 aliphatic rings. The highest BCUT2D eigenvalue weighted by Gasteiger charge is 2.17. The first-order chi connectivity index (χ1) is 9.16. The Hall–Kier alpha value is -1.69. The SMILES string of the molecule is Cc1ccc([N+](=O)[O-])c(NCCC2CCCCO2)n1. The molecule has 1 fully saturated rings. The van der Waals surface area contributed by atoms with Crippen LogP contribution in [-0.4, -0.2) is 29.2 Å². The Kier molecular flexibility index (Phi) is 4.68. The van der Waals surface area contributed by atoms with Gasteiger partial charge in [-0.15, -0.1) is 0 Å². The predicted octanol–water partition coefficient (Wildman–Crippen LogP) is 2.67. The van der Waals surface area contributed by atoms with E-state index in [0.29, 0.717) is 12.4 Å². The normalized spacial score (nSPS) is 19.1. The molecule has 0 bridgehead atoms. The number of pyridine rings is 1. The average molecular weight is 265 g/mol. The maximum absolute atomic E-state index is 10.9. The zero-order valence-electron chi connectivity index (χ0n) is 11.1. The molecule has 0 spiro atoms. The Labute approximate surface area is 112 Å². The largest absolute Gasteiger partial charge is 0.378 e. The number of ether oxygens (including phenoxy) is 1. The van der Waals surface area contributed by atoms with Crippen molar-refractivity contribution >= 4 is 11.5 Å². The van der Waals surface area contributed by atoms with Crippen molar-refractivity contribution < 1.29 is 9.66 Å². The van der Waals surface area contributed by atoms with Gasteiger partial charge in [-0.05, 0) is 38.7 Å². The molecule has 104 valence electrons. The molecule has 0 aromatic carbocycles. The molecule has 1 saturated heterocycles. The highest BCUT2D eigenvalue weighted by Crippen LogP contribution is 2.22. The van der Waals surface area contributed by atoms with Crippen LogP contribution in [0.4, 0.5) is 11.5 Å². The van der Waals surface area contributed by atoms with Gasteiger partial charge in [-0.25, -0.2) is 4.98 Å². The minimum Gasteiger partial charge on any atom is -0.378 e. The summed E-state index contributed by atoms with van der Waals surface area (Å²) in [5.74, 6) is 0.348. The summed E-state index contributed by atoms with van der Waals surface area (Å²) in [6, 6.07) is 3.13. The van der Waals surface area contributed by atoms with Crippen molar-refractivity contribution in [3.63, 3.8) is 0 Å². The molecule has 1 aromatic heterocycles. The van der Waals surface area contributed by atoms with E-state index >= 15 is 0 Å². The molecule has 1 aliphatic heterocycles. The van der Waals surface area contributed by atoms with Gasteiger partial charge >= 0.3 is 5.69 Å². The van der Waals surface area contributed by atoms with Crippen molar-refractivity contribution in [1.82, 2.24) is 4.98 Å². The zero-order chi connectivity index (χ0) is 13.7. The number of nitrogens with one attached hydrogen (secondary N) is 1. The number of aromatic nitrogens is 1. The molecule has 0 saturated carbocycles. The van der Waals surface area contributed by atoms with E-state index < -0.39 is 4.92 Å². The number of anilines is 1. The van der Waals surface area contributed by atoms with Crippen molar-refractivity contribution in [2.24, 2.45) is 0 Å². The second kappa shape index (κ2) is 6.47. The van der Waals surface area contributed by atoms with Gasteiger partial charge in [0.1, 0.15) is 0 Å². The Balaban J connectivity index is 1.91. The standard InChI is InChI=1S/C13H19N3O3/c1-10-5-6-12(16(17)18)13(15-10)14-8-7-11-4-2-3-9-19-11/h5-6,11H,2-4,7-9H2,1H3,(H,14,15). The average Bonchev–Trinajstić information content (AvgIpc) is 2.39. The first kappa shape index (κ1) is 13.7. The summed E-state index contributed by atoms with van der Waals surface area (Å²) < 4.78 is 5.62. The van der Waals surface area contributed by atoms with E-state index in [9.17, 15) is 10.1 Å². The summed E-state index contributed by atoms with van der Waals surface area (Å²) in [7, 11) is 0. The monoisotopic (exact) mass is 265 g/mol. The highest BCUT2D eigenvalue weighted by molar-refractivity contribution is 5.55. The fraction of sp³-hybridized carbons (Fsp3) is 0.615. The van der Waals surface area contributed by atoms with Gasteiger partial charge in [-0.2, -0.15) is 0 Å². The number of hydrogen-bond acceptors (Lipinski definition) is 5. The van der Waals surface area contributed by atoms with Crippen LogP contribution in [0.3, 0.4) is 0 Å². The number of rotatable bonds is 5. The van der Waals surface area contributed by atoms with Gasteiger partial charge in [0.05, 0.1) is 11.0 Å². The molecule has 1 N–H and O–H groups in total. The quantitative estimate of drug-likeness (QED) is 0.654. The van der Waals surface area contributed by atoms with Crippen molar-refractivity contribution in [1.29, 1.82) is 0 Å². The lowest BCUT2D eigenvalue weighted by Crippen LogP contribution is -2.22. The van der Waals surface area contributed by atoms with Crippen LogP contribution in [0.1, 0.15) is 31.4 Å². The van der Waals surface area contributed by atoms with Crippen molar-refractivity contribution in [2.75, 3.05) is 18.5 Å². The third kappa shape index (κ3) is 3.89. The van der Waals surface area contributed by atoms with E-state index in [1.54, 1.807) is 6.07 Å². The molecular weight excluding hydrogens is 246 g/mol. The van der Waals surface area contributed by atoms with Crippen LogP contribution in [0, 0.1) is 17.0 Å². The third-order valence-electron chi connectivity index (χ3n) is 3.24. The molecule has 0 radical (unpaired) electrons. The maximum Gasteiger partial charge on any atom is 0.311 e. The van der Waals surface area contributed by atoms with E-state index in [4.69, 9.17) is 4.74 Å². The van der Waals surface area contributed by atoms with Crippen LogP contribution in [0.15, 0.2) is 12.1 Å². The van der Waals surface area contributed by atoms with E-state index in [1.165, 1.54) is 12.5 Å². The molecule has 0 amide bonds. The number of hydrogen-bond donors (Lipinski definition) is 1. The van der Waals surface area contributed by atoms with Gasteiger partial charge in [-0.3, -0.25) is 10.1 Å². The zero-order valence-corrected chi connectivity index (χ0v) is 11.1. The minimum absolute atomic E-state index is 0.0233. The van der Waals surface area contributed by atoms with Gasteiger partial charge < -0.3 is 10.1 Å². The second-order valence-electron chi connectivity index (χ2n) is 4.78. The Morgan fingerprint density at radius 2 is 2.37 bits per heavy atom. The Morgan fingerprint density at radius 1 is 1.53 bits per heavy atom. The summed E-state index contributed by atoms with van der Waals surface area (Å²) in [6.07, 6.45) is 4.53. The molecule has 6 nitrogen and oxygen atoms in total. The fourth-order valence-corrected chi connectivity index (χ4v) is 2.21. The lowest BCUT2D eigenvalue weighted by Gasteiger charge is -2.22. The summed E-state index contributed by atoms with van der Waals surface area (Å²) in [5, 5.41) is 13.9. The summed E-state index contributed by atoms with van der Waals surface area (Å²) in [6.45, 7) is 3.29. The molecule has 2 heterocycles. The van der Waals surface area contributed by atoms with E-state index in [-0.39, 0.29) is 11.8 Å². The lowest BCUT2D eigenvalue weighted by molar-refractivity contribution is -0.384. The van der Waals surface area contributed by atoms with Crippen LogP contribution in [-0.2, 0) is 4.74 Å². The van der Waals surface area contributed by atoms with Crippen LogP contribution in [0.5, 0.6) is 0 Å².